The van der Waals surface area contributed by atoms with Crippen LogP contribution >= 0.6 is 15.9 Å². The molecule has 0 atom stereocenters. The van der Waals surface area contributed by atoms with E-state index >= 15 is 0 Å². The molecule has 0 spiro atoms. The van der Waals surface area contributed by atoms with Crippen LogP contribution in [0.2, 0.25) is 0 Å². The van der Waals surface area contributed by atoms with Gasteiger partial charge in [-0.15, -0.1) is 0 Å². The Hall–Kier alpha value is -0.640. The predicted molar refractivity (Wildman–Crippen MR) is 54.9 cm³/mol. The van der Waals surface area contributed by atoms with E-state index < -0.39 is 17.2 Å². The van der Waals surface area contributed by atoms with Gasteiger partial charge in [-0.3, -0.25) is 0 Å². The minimum Gasteiger partial charge on any atom is -0.484 e. The van der Waals surface area contributed by atoms with Crippen LogP contribution < -0.4 is 4.74 Å². The van der Waals surface area contributed by atoms with E-state index in [4.69, 9.17) is 4.74 Å². The molecule has 0 amide bonds. The smallest absolute Gasteiger partial charge is 0.168 e. The summed E-state index contributed by atoms with van der Waals surface area (Å²) < 4.78 is 31.0. The highest BCUT2D eigenvalue weighted by Gasteiger charge is 2.19. The fourth-order valence-electron chi connectivity index (χ4n) is 0.883. The van der Waals surface area contributed by atoms with Gasteiger partial charge in [0.2, 0.25) is 0 Å². The average Bonchev–Trinajstić information content (AvgIpc) is 2.10. The van der Waals surface area contributed by atoms with E-state index in [0.717, 1.165) is 6.07 Å². The highest BCUT2D eigenvalue weighted by Crippen LogP contribution is 2.23. The van der Waals surface area contributed by atoms with Gasteiger partial charge in [0.15, 0.2) is 11.6 Å². The molecule has 0 aliphatic heterocycles. The van der Waals surface area contributed by atoms with Crippen LogP contribution in [0.4, 0.5) is 8.78 Å². The van der Waals surface area contributed by atoms with Crippen LogP contribution in [0.3, 0.4) is 0 Å². The van der Waals surface area contributed by atoms with E-state index in [2.05, 4.69) is 15.9 Å². The highest BCUT2D eigenvalue weighted by molar-refractivity contribution is 9.09. The zero-order valence-corrected chi connectivity index (χ0v) is 9.57. The molecule has 14 heavy (non-hydrogen) atoms. The Labute approximate surface area is 90.2 Å². The second-order valence-corrected chi connectivity index (χ2v) is 4.13. The molecule has 78 valence electrons. The Bertz CT molecular complexity index is 326. The van der Waals surface area contributed by atoms with Crippen LogP contribution in [0.5, 0.6) is 5.75 Å². The number of alkyl halides is 1. The van der Waals surface area contributed by atoms with Crippen molar-refractivity contribution in [1.82, 2.24) is 0 Å². The van der Waals surface area contributed by atoms with E-state index in [1.54, 1.807) is 0 Å². The quantitative estimate of drug-likeness (QED) is 0.760. The summed E-state index contributed by atoms with van der Waals surface area (Å²) in [6.45, 7) is 3.62. The number of halogens is 3. The summed E-state index contributed by atoms with van der Waals surface area (Å²) in [6, 6.07) is 3.26. The van der Waals surface area contributed by atoms with Crippen molar-refractivity contribution >= 4 is 15.9 Å². The molecule has 0 heterocycles. The Morgan fingerprint density at radius 2 is 2.00 bits per heavy atom. The first-order valence-corrected chi connectivity index (χ1v) is 5.27. The summed E-state index contributed by atoms with van der Waals surface area (Å²) in [6.07, 6.45) is 0. The van der Waals surface area contributed by atoms with E-state index in [9.17, 15) is 8.78 Å². The lowest BCUT2D eigenvalue weighted by atomic mass is 10.2. The standard InChI is InChI=1S/C10H11BrF2O/c1-10(2,6-11)14-9-4-3-7(12)5-8(9)13/h3-5H,6H2,1-2H3. The van der Waals surface area contributed by atoms with Gasteiger partial charge < -0.3 is 4.74 Å². The largest absolute Gasteiger partial charge is 0.484 e. The van der Waals surface area contributed by atoms with Crippen molar-refractivity contribution in [2.24, 2.45) is 0 Å². The zero-order chi connectivity index (χ0) is 10.8. The number of hydrogen-bond acceptors (Lipinski definition) is 1. The molecule has 4 heteroatoms. The van der Waals surface area contributed by atoms with Crippen molar-refractivity contribution in [3.63, 3.8) is 0 Å². The molecular formula is C10H11BrF2O. The summed E-state index contributed by atoms with van der Waals surface area (Å²) in [5.41, 5.74) is -0.515. The van der Waals surface area contributed by atoms with Crippen molar-refractivity contribution < 1.29 is 13.5 Å². The molecule has 0 fully saturated rings. The molecule has 0 N–H and O–H groups in total. The van der Waals surface area contributed by atoms with Gasteiger partial charge in [-0.05, 0) is 26.0 Å². The molecule has 0 aliphatic carbocycles. The summed E-state index contributed by atoms with van der Waals surface area (Å²) in [7, 11) is 0. The first-order chi connectivity index (χ1) is 6.44. The molecule has 0 unspecified atom stereocenters. The molecule has 1 aromatic rings. The maximum Gasteiger partial charge on any atom is 0.168 e. The topological polar surface area (TPSA) is 9.23 Å². The van der Waals surface area contributed by atoms with Gasteiger partial charge in [-0.25, -0.2) is 8.78 Å². The SMILES string of the molecule is CC(C)(CBr)Oc1ccc(F)cc1F. The molecule has 0 saturated carbocycles. The van der Waals surface area contributed by atoms with Gasteiger partial charge in [0, 0.05) is 11.4 Å². The molecule has 1 rings (SSSR count). The van der Waals surface area contributed by atoms with E-state index in [0.29, 0.717) is 5.33 Å². The Kier molecular flexibility index (Phi) is 3.48. The second-order valence-electron chi connectivity index (χ2n) is 3.57. The van der Waals surface area contributed by atoms with Crippen LogP contribution in [0.25, 0.3) is 0 Å². The second kappa shape index (κ2) is 4.26. The van der Waals surface area contributed by atoms with E-state index in [1.165, 1.54) is 12.1 Å². The van der Waals surface area contributed by atoms with E-state index in [-0.39, 0.29) is 5.75 Å². The van der Waals surface area contributed by atoms with Crippen molar-refractivity contribution in [3.8, 4) is 5.75 Å². The lowest BCUT2D eigenvalue weighted by molar-refractivity contribution is 0.130. The lowest BCUT2D eigenvalue weighted by Crippen LogP contribution is -2.30. The summed E-state index contributed by atoms with van der Waals surface area (Å²) in [4.78, 5) is 0. The van der Waals surface area contributed by atoms with Gasteiger partial charge in [0.1, 0.15) is 11.4 Å². The third kappa shape index (κ3) is 2.94. The highest BCUT2D eigenvalue weighted by atomic mass is 79.9. The average molecular weight is 265 g/mol. The summed E-state index contributed by atoms with van der Waals surface area (Å²) in [5, 5.41) is 0.566. The van der Waals surface area contributed by atoms with Crippen LogP contribution in [-0.4, -0.2) is 10.9 Å². The van der Waals surface area contributed by atoms with Gasteiger partial charge >= 0.3 is 0 Å². The minimum atomic E-state index is -0.681. The van der Waals surface area contributed by atoms with Crippen LogP contribution in [0, 0.1) is 11.6 Å². The minimum absolute atomic E-state index is 0.0656. The number of benzene rings is 1. The predicted octanol–water partition coefficient (Wildman–Crippen LogP) is 3.52. The molecule has 0 aliphatic rings. The number of rotatable bonds is 3. The Morgan fingerprint density at radius 3 is 2.50 bits per heavy atom. The summed E-state index contributed by atoms with van der Waals surface area (Å²) >= 11 is 3.25. The van der Waals surface area contributed by atoms with Crippen molar-refractivity contribution in [2.75, 3.05) is 5.33 Å². The molecule has 0 radical (unpaired) electrons. The van der Waals surface area contributed by atoms with Gasteiger partial charge in [-0.1, -0.05) is 15.9 Å². The molecule has 1 aromatic carbocycles. The van der Waals surface area contributed by atoms with Gasteiger partial charge in [-0.2, -0.15) is 0 Å². The van der Waals surface area contributed by atoms with Gasteiger partial charge in [0.25, 0.3) is 0 Å². The van der Waals surface area contributed by atoms with Crippen molar-refractivity contribution in [3.05, 3.63) is 29.8 Å². The fourth-order valence-corrected chi connectivity index (χ4v) is 0.997. The maximum atomic E-state index is 13.1. The van der Waals surface area contributed by atoms with Crippen molar-refractivity contribution in [1.29, 1.82) is 0 Å². The van der Waals surface area contributed by atoms with Gasteiger partial charge in [0.05, 0.1) is 0 Å². The Morgan fingerprint density at radius 1 is 1.36 bits per heavy atom. The number of ether oxygens (including phenoxy) is 1. The summed E-state index contributed by atoms with van der Waals surface area (Å²) in [5.74, 6) is -1.22. The first kappa shape index (κ1) is 11.4. The molecule has 1 nitrogen and oxygen atoms in total. The van der Waals surface area contributed by atoms with Crippen LogP contribution in [0.1, 0.15) is 13.8 Å². The third-order valence-corrected chi connectivity index (χ3v) is 2.95. The van der Waals surface area contributed by atoms with Crippen LogP contribution in [0.15, 0.2) is 18.2 Å². The molecule has 0 bridgehead atoms. The molecule has 0 saturated heterocycles. The number of hydrogen-bond donors (Lipinski definition) is 0. The third-order valence-electron chi connectivity index (χ3n) is 1.60. The normalized spacial score (nSPS) is 11.5. The zero-order valence-electron chi connectivity index (χ0n) is 7.98. The van der Waals surface area contributed by atoms with Crippen LogP contribution in [-0.2, 0) is 0 Å². The first-order valence-electron chi connectivity index (χ1n) is 4.15. The molecule has 0 aromatic heterocycles. The monoisotopic (exact) mass is 264 g/mol. The lowest BCUT2D eigenvalue weighted by Gasteiger charge is -2.24. The fraction of sp³-hybridized carbons (Fsp3) is 0.400. The van der Waals surface area contributed by atoms with E-state index in [1.807, 2.05) is 13.8 Å². The van der Waals surface area contributed by atoms with Crippen molar-refractivity contribution in [2.45, 2.75) is 19.4 Å². The molecular weight excluding hydrogens is 254 g/mol. The maximum absolute atomic E-state index is 13.1. The Balaban J connectivity index is 2.87.